The van der Waals surface area contributed by atoms with Crippen molar-refractivity contribution in [3.63, 3.8) is 0 Å². The molecule has 6 nitrogen and oxygen atoms in total. The summed E-state index contributed by atoms with van der Waals surface area (Å²) < 4.78 is 13.2. The van der Waals surface area contributed by atoms with Crippen LogP contribution in [0.3, 0.4) is 0 Å². The number of carbonyl (C=O) groups is 1. The van der Waals surface area contributed by atoms with Gasteiger partial charge in [0.2, 0.25) is 0 Å². The highest BCUT2D eigenvalue weighted by Gasteiger charge is 2.19. The first-order chi connectivity index (χ1) is 15.4. The molecule has 0 bridgehead atoms. The molecule has 1 aromatic heterocycles. The fourth-order valence-corrected chi connectivity index (χ4v) is 3.95. The first kappa shape index (κ1) is 22.0. The van der Waals surface area contributed by atoms with Crippen LogP contribution in [0.15, 0.2) is 54.7 Å². The third kappa shape index (κ3) is 5.00. The van der Waals surface area contributed by atoms with Gasteiger partial charge in [0.05, 0.1) is 11.3 Å². The lowest BCUT2D eigenvalue weighted by molar-refractivity contribution is 0.0991. The number of piperazine rings is 1. The highest BCUT2D eigenvalue weighted by atomic mass is 19.1. The van der Waals surface area contributed by atoms with Gasteiger partial charge >= 0.3 is 0 Å². The third-order valence-electron chi connectivity index (χ3n) is 5.80. The van der Waals surface area contributed by atoms with Crippen LogP contribution in [-0.4, -0.2) is 53.5 Å². The number of hydrogen-bond donors (Lipinski definition) is 1. The predicted molar refractivity (Wildman–Crippen MR) is 124 cm³/mol. The second-order valence-corrected chi connectivity index (χ2v) is 8.32. The second kappa shape index (κ2) is 9.54. The predicted octanol–water partition coefficient (Wildman–Crippen LogP) is 3.66. The van der Waals surface area contributed by atoms with Gasteiger partial charge in [-0.05, 0) is 55.8 Å². The summed E-state index contributed by atoms with van der Waals surface area (Å²) in [5.41, 5.74) is 3.77. The lowest BCUT2D eigenvalue weighted by Gasteiger charge is -2.31. The molecular formula is C25H28FN5O. The first-order valence-electron chi connectivity index (χ1n) is 10.8. The Morgan fingerprint density at radius 2 is 1.91 bits per heavy atom. The molecule has 1 N–H and O–H groups in total. The van der Waals surface area contributed by atoms with Crippen LogP contribution in [0.25, 0.3) is 11.4 Å². The largest absolute Gasteiger partial charge is 0.312 e. The Hall–Kier alpha value is -3.16. The van der Waals surface area contributed by atoms with E-state index in [2.05, 4.69) is 39.2 Å². The molecule has 1 aliphatic heterocycles. The SMILES string of the molecule is Cc1nc(-c2ccc(F)cc2)ncc1C(=O)N(C)c1ccc(CN2CCN[C@@H](C)C2)cc1. The number of nitrogens with zero attached hydrogens (tertiary/aromatic N) is 4. The molecule has 7 heteroatoms. The van der Waals surface area contributed by atoms with Gasteiger partial charge in [-0.3, -0.25) is 9.69 Å². The van der Waals surface area contributed by atoms with Gasteiger partial charge in [0.25, 0.3) is 5.91 Å². The van der Waals surface area contributed by atoms with E-state index in [9.17, 15) is 9.18 Å². The van der Waals surface area contributed by atoms with E-state index >= 15 is 0 Å². The van der Waals surface area contributed by atoms with E-state index in [1.54, 1.807) is 37.2 Å². The standard InChI is InChI=1S/C25H28FN5O/c1-17-15-31(13-12-27-17)16-19-4-10-22(11-5-19)30(3)25(32)23-14-28-24(29-18(23)2)20-6-8-21(26)9-7-20/h4-11,14,17,27H,12-13,15-16H2,1-3H3/t17-/m0/s1. The molecule has 0 unspecified atom stereocenters. The molecule has 1 saturated heterocycles. The van der Waals surface area contributed by atoms with E-state index in [0.717, 1.165) is 31.9 Å². The maximum atomic E-state index is 13.2. The van der Waals surface area contributed by atoms with Gasteiger partial charge in [0, 0.05) is 56.7 Å². The van der Waals surface area contributed by atoms with Crippen LogP contribution in [0.5, 0.6) is 0 Å². The smallest absolute Gasteiger partial charge is 0.261 e. The van der Waals surface area contributed by atoms with E-state index in [-0.39, 0.29) is 11.7 Å². The zero-order valence-electron chi connectivity index (χ0n) is 18.7. The topological polar surface area (TPSA) is 61.4 Å². The summed E-state index contributed by atoms with van der Waals surface area (Å²) in [4.78, 5) is 25.9. The van der Waals surface area contributed by atoms with Crippen molar-refractivity contribution in [1.82, 2.24) is 20.2 Å². The molecule has 4 rings (SSSR count). The molecule has 0 spiro atoms. The number of anilines is 1. The third-order valence-corrected chi connectivity index (χ3v) is 5.80. The molecule has 1 aliphatic rings. The summed E-state index contributed by atoms with van der Waals surface area (Å²) in [5.74, 6) is -0.0162. The van der Waals surface area contributed by atoms with E-state index in [0.29, 0.717) is 28.7 Å². The first-order valence-corrected chi connectivity index (χ1v) is 10.8. The molecule has 1 atom stereocenters. The summed E-state index contributed by atoms with van der Waals surface area (Å²) in [6.45, 7) is 7.98. The molecule has 0 saturated carbocycles. The van der Waals surface area contributed by atoms with Gasteiger partial charge in [0.1, 0.15) is 5.82 Å². The number of nitrogens with one attached hydrogen (secondary N) is 1. The van der Waals surface area contributed by atoms with Crippen molar-refractivity contribution in [1.29, 1.82) is 0 Å². The normalized spacial score (nSPS) is 16.7. The lowest BCUT2D eigenvalue weighted by atomic mass is 10.1. The average Bonchev–Trinajstić information content (AvgIpc) is 2.79. The maximum Gasteiger partial charge on any atom is 0.261 e. The Morgan fingerprint density at radius 3 is 2.56 bits per heavy atom. The average molecular weight is 434 g/mol. The lowest BCUT2D eigenvalue weighted by Crippen LogP contribution is -2.48. The fourth-order valence-electron chi connectivity index (χ4n) is 3.95. The summed E-state index contributed by atoms with van der Waals surface area (Å²) in [6, 6.07) is 14.6. The monoisotopic (exact) mass is 433 g/mol. The molecule has 1 amide bonds. The van der Waals surface area contributed by atoms with Gasteiger partial charge in [-0.15, -0.1) is 0 Å². The van der Waals surface area contributed by atoms with Crippen LogP contribution in [-0.2, 0) is 6.54 Å². The molecule has 1 fully saturated rings. The van der Waals surface area contributed by atoms with Crippen molar-refractivity contribution in [3.05, 3.63) is 77.4 Å². The van der Waals surface area contributed by atoms with Crippen LogP contribution >= 0.6 is 0 Å². The molecule has 166 valence electrons. The van der Waals surface area contributed by atoms with Crippen LogP contribution in [0, 0.1) is 12.7 Å². The quantitative estimate of drug-likeness (QED) is 0.665. The summed E-state index contributed by atoms with van der Waals surface area (Å²) >= 11 is 0. The molecule has 0 aliphatic carbocycles. The van der Waals surface area contributed by atoms with Crippen molar-refractivity contribution in [2.24, 2.45) is 0 Å². The Labute approximate surface area is 188 Å². The van der Waals surface area contributed by atoms with Gasteiger partial charge in [-0.25, -0.2) is 14.4 Å². The van der Waals surface area contributed by atoms with E-state index < -0.39 is 0 Å². The molecular weight excluding hydrogens is 405 g/mol. The molecule has 2 aromatic carbocycles. The number of amides is 1. The Morgan fingerprint density at radius 1 is 1.19 bits per heavy atom. The van der Waals surface area contributed by atoms with E-state index in [1.165, 1.54) is 17.7 Å². The van der Waals surface area contributed by atoms with Gasteiger partial charge in [0.15, 0.2) is 5.82 Å². The molecule has 32 heavy (non-hydrogen) atoms. The fraction of sp³-hybridized carbons (Fsp3) is 0.320. The number of aryl methyl sites for hydroxylation is 1. The highest BCUT2D eigenvalue weighted by Crippen LogP contribution is 2.21. The molecule has 2 heterocycles. The number of benzene rings is 2. The molecule has 3 aromatic rings. The van der Waals surface area contributed by atoms with Gasteiger partial charge < -0.3 is 10.2 Å². The number of halogens is 1. The minimum atomic E-state index is -0.313. The molecule has 0 radical (unpaired) electrons. The zero-order valence-corrected chi connectivity index (χ0v) is 18.7. The van der Waals surface area contributed by atoms with Crippen LogP contribution < -0.4 is 10.2 Å². The number of aromatic nitrogens is 2. The zero-order chi connectivity index (χ0) is 22.7. The minimum Gasteiger partial charge on any atom is -0.312 e. The van der Waals surface area contributed by atoms with Crippen molar-refractivity contribution in [3.8, 4) is 11.4 Å². The summed E-state index contributed by atoms with van der Waals surface area (Å²) in [5, 5.41) is 3.46. The second-order valence-electron chi connectivity index (χ2n) is 8.32. The van der Waals surface area contributed by atoms with Crippen LogP contribution in [0.1, 0.15) is 28.5 Å². The van der Waals surface area contributed by atoms with E-state index in [4.69, 9.17) is 0 Å². The van der Waals surface area contributed by atoms with Crippen molar-refractivity contribution >= 4 is 11.6 Å². The maximum absolute atomic E-state index is 13.2. The highest BCUT2D eigenvalue weighted by molar-refractivity contribution is 6.06. The van der Waals surface area contributed by atoms with Crippen LogP contribution in [0.4, 0.5) is 10.1 Å². The van der Waals surface area contributed by atoms with Crippen LogP contribution in [0.2, 0.25) is 0 Å². The van der Waals surface area contributed by atoms with Crippen molar-refractivity contribution < 1.29 is 9.18 Å². The van der Waals surface area contributed by atoms with Gasteiger partial charge in [-0.1, -0.05) is 12.1 Å². The van der Waals surface area contributed by atoms with E-state index in [1.807, 2.05) is 12.1 Å². The number of hydrogen-bond acceptors (Lipinski definition) is 5. The van der Waals surface area contributed by atoms with Crippen molar-refractivity contribution in [2.45, 2.75) is 26.4 Å². The Bertz CT molecular complexity index is 1080. The number of rotatable bonds is 5. The minimum absolute atomic E-state index is 0.170. The Balaban J connectivity index is 1.45. The Kier molecular flexibility index (Phi) is 6.58. The summed E-state index contributed by atoms with van der Waals surface area (Å²) in [6.07, 6.45) is 1.54. The van der Waals surface area contributed by atoms with Gasteiger partial charge in [-0.2, -0.15) is 0 Å². The van der Waals surface area contributed by atoms with Crippen molar-refractivity contribution in [2.75, 3.05) is 31.6 Å². The summed E-state index contributed by atoms with van der Waals surface area (Å²) in [7, 11) is 1.75. The number of carbonyl (C=O) groups excluding carboxylic acids is 1.